The summed E-state index contributed by atoms with van der Waals surface area (Å²) < 4.78 is 19.4. The molecular weight excluding hydrogens is 492 g/mol. The van der Waals surface area contributed by atoms with Crippen molar-refractivity contribution in [1.29, 1.82) is 5.41 Å². The zero-order valence-electron chi connectivity index (χ0n) is 18.5. The third-order valence-corrected chi connectivity index (χ3v) is 6.30. The summed E-state index contributed by atoms with van der Waals surface area (Å²) in [5.41, 5.74) is 2.55. The van der Waals surface area contributed by atoms with Gasteiger partial charge in [0.15, 0.2) is 11.6 Å². The van der Waals surface area contributed by atoms with Crippen molar-refractivity contribution in [1.82, 2.24) is 10.6 Å². The molecule has 2 heterocycles. The zero-order chi connectivity index (χ0) is 24.4. The van der Waals surface area contributed by atoms with Crippen LogP contribution in [0.1, 0.15) is 29.9 Å². The molecule has 180 valence electrons. The van der Waals surface area contributed by atoms with Crippen molar-refractivity contribution >= 4 is 41.2 Å². The maximum absolute atomic E-state index is 13.2. The summed E-state index contributed by atoms with van der Waals surface area (Å²) in [6, 6.07) is 13.1. The summed E-state index contributed by atoms with van der Waals surface area (Å²) in [5, 5.41) is 18.8. The Morgan fingerprint density at radius 3 is 2.86 bits per heavy atom. The first-order valence-corrected chi connectivity index (χ1v) is 11.9. The molecule has 3 aliphatic rings. The molecule has 2 aromatic carbocycles. The lowest BCUT2D eigenvalue weighted by atomic mass is 10.1. The fourth-order valence-electron chi connectivity index (χ4n) is 3.87. The van der Waals surface area contributed by atoms with Crippen LogP contribution in [-0.2, 0) is 11.3 Å². The molecule has 35 heavy (non-hydrogen) atoms. The van der Waals surface area contributed by atoms with Crippen molar-refractivity contribution in [2.45, 2.75) is 31.2 Å². The van der Waals surface area contributed by atoms with Crippen molar-refractivity contribution in [2.75, 3.05) is 6.61 Å². The molecule has 0 radical (unpaired) electrons. The lowest BCUT2D eigenvalue weighted by Gasteiger charge is -2.28. The molecule has 0 saturated heterocycles. The molecule has 0 amide bonds. The van der Waals surface area contributed by atoms with Gasteiger partial charge in [0.05, 0.1) is 12.3 Å². The number of benzene rings is 2. The topological polar surface area (TPSA) is 91.1 Å². The molecular formula is C25H22Cl2FN5O2. The molecule has 1 saturated carbocycles. The van der Waals surface area contributed by atoms with Gasteiger partial charge in [-0.25, -0.2) is 4.99 Å². The number of aliphatic imine (C=N–C) groups is 1. The third kappa shape index (κ3) is 5.83. The predicted octanol–water partition coefficient (Wildman–Crippen LogP) is 5.47. The second-order valence-corrected chi connectivity index (χ2v) is 9.31. The maximum Gasteiger partial charge on any atom is 0.209 e. The van der Waals surface area contributed by atoms with E-state index in [0.29, 0.717) is 52.0 Å². The highest BCUT2D eigenvalue weighted by molar-refractivity contribution is 6.35. The number of rotatable bonds is 7. The highest BCUT2D eigenvalue weighted by Crippen LogP contribution is 2.41. The largest absolute Gasteiger partial charge is 0.453 e. The summed E-state index contributed by atoms with van der Waals surface area (Å²) in [7, 11) is 0. The summed E-state index contributed by atoms with van der Waals surface area (Å²) in [6.07, 6.45) is 5.36. The van der Waals surface area contributed by atoms with Gasteiger partial charge in [0.1, 0.15) is 23.9 Å². The van der Waals surface area contributed by atoms with Gasteiger partial charge in [-0.1, -0.05) is 46.6 Å². The average Bonchev–Trinajstić information content (AvgIpc) is 3.68. The summed E-state index contributed by atoms with van der Waals surface area (Å²) in [5.74, 6) is 0.980. The molecule has 0 aromatic heterocycles. The molecule has 2 aliphatic heterocycles. The van der Waals surface area contributed by atoms with Crippen LogP contribution in [0.15, 0.2) is 76.0 Å². The van der Waals surface area contributed by atoms with E-state index < -0.39 is 5.97 Å². The van der Waals surface area contributed by atoms with Gasteiger partial charge in [0.2, 0.25) is 5.97 Å². The van der Waals surface area contributed by atoms with Gasteiger partial charge < -0.3 is 20.2 Å². The van der Waals surface area contributed by atoms with Gasteiger partial charge >= 0.3 is 0 Å². The zero-order valence-corrected chi connectivity index (χ0v) is 20.0. The molecule has 1 fully saturated rings. The minimum Gasteiger partial charge on any atom is -0.453 e. The van der Waals surface area contributed by atoms with E-state index >= 15 is 0 Å². The fourth-order valence-corrected chi connectivity index (χ4v) is 4.36. The van der Waals surface area contributed by atoms with Crippen molar-refractivity contribution in [3.05, 3.63) is 87.0 Å². The van der Waals surface area contributed by atoms with Gasteiger partial charge in [-0.05, 0) is 60.6 Å². The van der Waals surface area contributed by atoms with Crippen molar-refractivity contribution in [3.63, 3.8) is 0 Å². The minimum atomic E-state index is -1.13. The van der Waals surface area contributed by atoms with Crippen molar-refractivity contribution < 1.29 is 14.0 Å². The molecule has 1 atom stereocenters. The van der Waals surface area contributed by atoms with Crippen LogP contribution in [0, 0.1) is 5.41 Å². The normalized spacial score (nSPS) is 20.6. The summed E-state index contributed by atoms with van der Waals surface area (Å²) in [6.45, 7) is 0.321. The van der Waals surface area contributed by atoms with E-state index in [1.807, 2.05) is 24.3 Å². The van der Waals surface area contributed by atoms with Crippen LogP contribution in [0.5, 0.6) is 5.75 Å². The Bertz CT molecular complexity index is 1290. The first-order chi connectivity index (χ1) is 16.9. The number of amidine groups is 1. The number of oxime groups is 1. The van der Waals surface area contributed by atoms with E-state index in [9.17, 15) is 4.39 Å². The van der Waals surface area contributed by atoms with Crippen LogP contribution in [-0.4, -0.2) is 30.7 Å². The van der Waals surface area contributed by atoms with Crippen LogP contribution in [0.25, 0.3) is 0 Å². The minimum absolute atomic E-state index is 0.138. The van der Waals surface area contributed by atoms with E-state index in [4.69, 9.17) is 38.2 Å². The van der Waals surface area contributed by atoms with E-state index in [1.165, 1.54) is 24.6 Å². The second kappa shape index (κ2) is 10.1. The average molecular weight is 514 g/mol. The third-order valence-electron chi connectivity index (χ3n) is 5.71. The van der Waals surface area contributed by atoms with Crippen LogP contribution < -0.4 is 15.4 Å². The Morgan fingerprint density at radius 2 is 2.09 bits per heavy atom. The SMILES string of the molecule is N=C(F)/C=C1/N=CC(Oc2cccc(C3CC3)c2)=C(C2=NOCC(Cc3ccc(Cl)cc3Cl)N2)N1. The highest BCUT2D eigenvalue weighted by atomic mass is 35.5. The fraction of sp³-hybridized carbons (Fsp3) is 0.240. The van der Waals surface area contributed by atoms with Crippen LogP contribution in [0.3, 0.4) is 0 Å². The van der Waals surface area contributed by atoms with Gasteiger partial charge in [0, 0.05) is 16.1 Å². The lowest BCUT2D eigenvalue weighted by Crippen LogP contribution is -2.47. The van der Waals surface area contributed by atoms with Crippen molar-refractivity contribution in [3.8, 4) is 5.75 Å². The van der Waals surface area contributed by atoms with Gasteiger partial charge in [-0.3, -0.25) is 5.41 Å². The molecule has 1 aliphatic carbocycles. The molecule has 1 unspecified atom stereocenters. The van der Waals surface area contributed by atoms with Crippen LogP contribution in [0.4, 0.5) is 4.39 Å². The first kappa shape index (κ1) is 23.4. The number of nitrogens with one attached hydrogen (secondary N) is 3. The van der Waals surface area contributed by atoms with E-state index in [2.05, 4.69) is 26.8 Å². The Kier molecular flexibility index (Phi) is 6.74. The summed E-state index contributed by atoms with van der Waals surface area (Å²) >= 11 is 12.4. The first-order valence-electron chi connectivity index (χ1n) is 11.1. The number of nitrogens with zero attached hydrogens (tertiary/aromatic N) is 2. The Labute approximate surface area is 211 Å². The predicted molar refractivity (Wildman–Crippen MR) is 135 cm³/mol. The van der Waals surface area contributed by atoms with E-state index in [-0.39, 0.29) is 11.9 Å². The van der Waals surface area contributed by atoms with Crippen molar-refractivity contribution in [2.24, 2.45) is 10.1 Å². The van der Waals surface area contributed by atoms with E-state index in [1.54, 1.807) is 12.1 Å². The quantitative estimate of drug-likeness (QED) is 0.428. The molecule has 7 nitrogen and oxygen atoms in total. The number of allylic oxidation sites excluding steroid dienone is 2. The number of halogens is 3. The Morgan fingerprint density at radius 1 is 1.23 bits per heavy atom. The van der Waals surface area contributed by atoms with Crippen LogP contribution in [0.2, 0.25) is 10.0 Å². The second-order valence-electron chi connectivity index (χ2n) is 8.47. The van der Waals surface area contributed by atoms with Crippen LogP contribution >= 0.6 is 23.2 Å². The molecule has 0 spiro atoms. The highest BCUT2D eigenvalue weighted by Gasteiger charge is 2.27. The molecule has 3 N–H and O–H groups in total. The standard InChI is InChI=1S/C25H22Cl2FN5O2/c26-17-7-6-16(20(27)10-17)8-18-13-34-33-25(31-18)24-21(12-30-23(32-24)11-22(28)29)35-19-3-1-2-15(9-19)14-4-5-14/h1-3,6-7,9-12,14,18,29,32H,4-5,8,13H2,(H,31,33)/b23-11-,29-22?. The lowest BCUT2D eigenvalue weighted by molar-refractivity contribution is 0.109. The van der Waals surface area contributed by atoms with Gasteiger partial charge in [-0.2, -0.15) is 4.39 Å². The van der Waals surface area contributed by atoms with E-state index in [0.717, 1.165) is 11.6 Å². The molecule has 10 heteroatoms. The summed E-state index contributed by atoms with van der Waals surface area (Å²) in [4.78, 5) is 9.68. The maximum atomic E-state index is 13.2. The smallest absolute Gasteiger partial charge is 0.209 e. The Hall–Kier alpha value is -3.36. The molecule has 5 rings (SSSR count). The van der Waals surface area contributed by atoms with Gasteiger partial charge in [-0.15, -0.1) is 0 Å². The molecule has 2 aromatic rings. The number of ether oxygens (including phenoxy) is 1. The monoisotopic (exact) mass is 513 g/mol. The van der Waals surface area contributed by atoms with Gasteiger partial charge in [0.25, 0.3) is 0 Å². The number of hydrogen-bond donors (Lipinski definition) is 3. The Balaban J connectivity index is 1.41. The number of hydrogen-bond acceptors (Lipinski definition) is 7. The molecule has 0 bridgehead atoms.